The fourth-order valence-corrected chi connectivity index (χ4v) is 0.328. The second-order valence-electron chi connectivity index (χ2n) is 1.21. The number of quaternary nitrogens is 1. The molecule has 1 aliphatic heterocycles. The molecule has 0 aliphatic carbocycles. The van der Waals surface area contributed by atoms with Gasteiger partial charge in [0.05, 0.1) is 6.21 Å². The molecule has 4 heteroatoms. The highest BCUT2D eigenvalue weighted by molar-refractivity contribution is 5.62. The fraction of sp³-hybridized carbons (Fsp3) is 0.333. The summed E-state index contributed by atoms with van der Waals surface area (Å²) >= 11 is 0. The summed E-state index contributed by atoms with van der Waals surface area (Å²) in [7, 11) is 0. The van der Waals surface area contributed by atoms with Gasteiger partial charge in [0.25, 0.3) is 0 Å². The third-order valence-electron chi connectivity index (χ3n) is 0.643. The minimum atomic E-state index is 0.0231. The van der Waals surface area contributed by atoms with Crippen molar-refractivity contribution in [1.82, 2.24) is 0 Å². The molecule has 1 heterocycles. The van der Waals surface area contributed by atoms with Crippen LogP contribution in [0.25, 0.3) is 0 Å². The maximum Gasteiger partial charge on any atom is 0.208 e. The van der Waals surface area contributed by atoms with Gasteiger partial charge in [-0.25, -0.2) is 0 Å². The van der Waals surface area contributed by atoms with Gasteiger partial charge in [-0.1, -0.05) is 0 Å². The molecule has 0 fully saturated rings. The van der Waals surface area contributed by atoms with Gasteiger partial charge in [0.15, 0.2) is 0 Å². The van der Waals surface area contributed by atoms with E-state index in [9.17, 15) is 5.21 Å². The molecular formula is C3H5N3O. The zero-order chi connectivity index (χ0) is 5.11. The van der Waals surface area contributed by atoms with Gasteiger partial charge >= 0.3 is 0 Å². The summed E-state index contributed by atoms with van der Waals surface area (Å²) in [6.45, 7) is 0.406. The highest BCUT2D eigenvalue weighted by atomic mass is 16.5. The van der Waals surface area contributed by atoms with Crippen LogP contribution in [0.2, 0.25) is 0 Å². The molecule has 1 N–H and O–H groups in total. The first-order valence-electron chi connectivity index (χ1n) is 1.97. The van der Waals surface area contributed by atoms with E-state index in [1.807, 2.05) is 0 Å². The molecule has 0 aromatic rings. The monoisotopic (exact) mass is 99.0 g/mol. The van der Waals surface area contributed by atoms with Crippen molar-refractivity contribution in [3.63, 3.8) is 0 Å². The van der Waals surface area contributed by atoms with Crippen LogP contribution in [0.1, 0.15) is 0 Å². The van der Waals surface area contributed by atoms with Gasteiger partial charge < -0.3 is 10.3 Å². The molecule has 1 unspecified atom stereocenters. The van der Waals surface area contributed by atoms with Crippen LogP contribution < -0.4 is 5.06 Å². The lowest BCUT2D eigenvalue weighted by molar-refractivity contribution is -0.728. The first-order chi connectivity index (χ1) is 3.39. The third-order valence-corrected chi connectivity index (χ3v) is 0.643. The van der Waals surface area contributed by atoms with Crippen molar-refractivity contribution in [2.24, 2.45) is 10.2 Å². The Bertz CT molecular complexity index is 109. The quantitative estimate of drug-likeness (QED) is 0.365. The summed E-state index contributed by atoms with van der Waals surface area (Å²) in [5.41, 5.74) is 0. The molecule has 0 radical (unpaired) electrons. The van der Waals surface area contributed by atoms with E-state index in [0.717, 1.165) is 0 Å². The van der Waals surface area contributed by atoms with Gasteiger partial charge in [0.1, 0.15) is 6.54 Å². The van der Waals surface area contributed by atoms with Crippen LogP contribution in [-0.4, -0.2) is 19.1 Å². The summed E-state index contributed by atoms with van der Waals surface area (Å²) in [4.78, 5) is 0. The summed E-state index contributed by atoms with van der Waals surface area (Å²) in [6, 6.07) is 0. The topological polar surface area (TPSA) is 52.2 Å². The highest BCUT2D eigenvalue weighted by Gasteiger charge is 1.90. The van der Waals surface area contributed by atoms with Crippen LogP contribution in [0, 0.1) is 5.21 Å². The number of nitrogens with one attached hydrogen (secondary N) is 1. The van der Waals surface area contributed by atoms with Crippen molar-refractivity contribution in [2.45, 2.75) is 0 Å². The molecular weight excluding hydrogens is 94.1 g/mol. The number of nitrogens with zero attached hydrogens (tertiary/aromatic N) is 2. The summed E-state index contributed by atoms with van der Waals surface area (Å²) in [6.07, 6.45) is 2.71. The smallest absolute Gasteiger partial charge is 0.208 e. The van der Waals surface area contributed by atoms with Gasteiger partial charge in [-0.05, 0) is 0 Å². The molecule has 7 heavy (non-hydrogen) atoms. The lowest BCUT2D eigenvalue weighted by atomic mass is 10.7. The molecule has 4 nitrogen and oxygen atoms in total. The third kappa shape index (κ3) is 1.06. The van der Waals surface area contributed by atoms with Gasteiger partial charge in [0.2, 0.25) is 6.34 Å². The Labute approximate surface area is 40.7 Å². The SMILES string of the molecule is [O-][NH+]1C=NN=CC1. The van der Waals surface area contributed by atoms with Crippen LogP contribution in [0.3, 0.4) is 0 Å². The van der Waals surface area contributed by atoms with E-state index < -0.39 is 0 Å². The van der Waals surface area contributed by atoms with Crippen molar-refractivity contribution >= 4 is 12.6 Å². The van der Waals surface area contributed by atoms with E-state index >= 15 is 0 Å². The van der Waals surface area contributed by atoms with Crippen LogP contribution in [-0.2, 0) is 0 Å². The van der Waals surface area contributed by atoms with E-state index in [2.05, 4.69) is 10.2 Å². The van der Waals surface area contributed by atoms with E-state index in [-0.39, 0.29) is 5.06 Å². The van der Waals surface area contributed by atoms with Crippen molar-refractivity contribution in [1.29, 1.82) is 0 Å². The first kappa shape index (κ1) is 4.42. The largest absolute Gasteiger partial charge is 0.628 e. The number of hydroxylamine groups is 2. The molecule has 0 saturated heterocycles. The predicted molar refractivity (Wildman–Crippen MR) is 26.2 cm³/mol. The highest BCUT2D eigenvalue weighted by Crippen LogP contribution is 1.63. The van der Waals surface area contributed by atoms with Gasteiger partial charge in [0, 0.05) is 0 Å². The van der Waals surface area contributed by atoms with Gasteiger partial charge in [-0.3, -0.25) is 0 Å². The molecule has 0 saturated carbocycles. The van der Waals surface area contributed by atoms with Crippen molar-refractivity contribution in [3.05, 3.63) is 5.21 Å². The van der Waals surface area contributed by atoms with Crippen LogP contribution >= 0.6 is 0 Å². The Morgan fingerprint density at radius 2 is 2.43 bits per heavy atom. The van der Waals surface area contributed by atoms with Crippen molar-refractivity contribution < 1.29 is 5.06 Å². The second kappa shape index (κ2) is 1.81. The number of rotatable bonds is 0. The average molecular weight is 99.1 g/mol. The molecule has 1 aliphatic rings. The minimum absolute atomic E-state index is 0.0231. The van der Waals surface area contributed by atoms with Gasteiger partial charge in [-0.2, -0.15) is 5.10 Å². The van der Waals surface area contributed by atoms with E-state index in [0.29, 0.717) is 6.54 Å². The Morgan fingerprint density at radius 1 is 1.57 bits per heavy atom. The summed E-state index contributed by atoms with van der Waals surface area (Å²) in [5.74, 6) is 0. The second-order valence-corrected chi connectivity index (χ2v) is 1.21. The van der Waals surface area contributed by atoms with Crippen LogP contribution in [0.15, 0.2) is 10.2 Å². The molecule has 0 aromatic carbocycles. The minimum Gasteiger partial charge on any atom is -0.628 e. The standard InChI is InChI=1S/C3H5N3O/c7-6-2-1-4-5-3-6/h1,3,6H,2H2. The Morgan fingerprint density at radius 3 is 2.71 bits per heavy atom. The van der Waals surface area contributed by atoms with E-state index in [4.69, 9.17) is 0 Å². The summed E-state index contributed by atoms with van der Waals surface area (Å²) < 4.78 is 0. The number of hydrogen-bond donors (Lipinski definition) is 1. The zero-order valence-electron chi connectivity index (χ0n) is 3.66. The fourth-order valence-electron chi connectivity index (χ4n) is 0.328. The van der Waals surface area contributed by atoms with Crippen molar-refractivity contribution in [2.75, 3.05) is 6.54 Å². The van der Waals surface area contributed by atoms with E-state index in [1.165, 1.54) is 12.6 Å². The molecule has 0 aromatic heterocycles. The average Bonchev–Trinajstić information content (AvgIpc) is 1.69. The normalized spacial score (nSPS) is 28.4. The van der Waals surface area contributed by atoms with E-state index in [1.54, 1.807) is 0 Å². The molecule has 1 rings (SSSR count). The zero-order valence-corrected chi connectivity index (χ0v) is 3.66. The molecule has 0 amide bonds. The molecule has 1 atom stereocenters. The summed E-state index contributed by atoms with van der Waals surface area (Å²) in [5, 5.41) is 17.0. The lowest BCUT2D eigenvalue weighted by Crippen LogP contribution is -3.06. The van der Waals surface area contributed by atoms with Crippen LogP contribution in [0.5, 0.6) is 0 Å². The maximum atomic E-state index is 10.2. The Kier molecular flexibility index (Phi) is 1.14. The molecule has 38 valence electrons. The van der Waals surface area contributed by atoms with Crippen molar-refractivity contribution in [3.8, 4) is 0 Å². The molecule has 0 spiro atoms. The maximum absolute atomic E-state index is 10.2. The Balaban J connectivity index is 2.49. The Hall–Kier alpha value is -0.740. The first-order valence-corrected chi connectivity index (χ1v) is 1.97. The number of hydrogen-bond acceptors (Lipinski definition) is 3. The van der Waals surface area contributed by atoms with Gasteiger partial charge in [-0.15, -0.1) is 5.10 Å². The predicted octanol–water partition coefficient (Wildman–Crippen LogP) is -1.60. The molecule has 0 bridgehead atoms. The van der Waals surface area contributed by atoms with Crippen LogP contribution in [0.4, 0.5) is 0 Å². The lowest BCUT2D eigenvalue weighted by Gasteiger charge is -2.13.